The number of amides is 1. The number of aryl methyl sites for hydroxylation is 1. The van der Waals surface area contributed by atoms with Gasteiger partial charge in [0.15, 0.2) is 4.96 Å². The molecule has 0 bridgehead atoms. The molecule has 0 fully saturated rings. The molecular weight excluding hydrogens is 338 g/mol. The van der Waals surface area contributed by atoms with E-state index in [4.69, 9.17) is 0 Å². The van der Waals surface area contributed by atoms with Crippen LogP contribution in [0.4, 0.5) is 5.82 Å². The number of nitrogens with one attached hydrogen (secondary N) is 1. The van der Waals surface area contributed by atoms with E-state index in [0.29, 0.717) is 11.5 Å². The van der Waals surface area contributed by atoms with E-state index in [2.05, 4.69) is 15.4 Å². The quantitative estimate of drug-likeness (QED) is 0.614. The maximum Gasteiger partial charge on any atom is 0.277 e. The third-order valence-corrected chi connectivity index (χ3v) is 4.49. The zero-order chi connectivity index (χ0) is 17.4. The van der Waals surface area contributed by atoms with Crippen molar-refractivity contribution in [2.75, 3.05) is 5.32 Å². The van der Waals surface area contributed by atoms with Crippen LogP contribution >= 0.6 is 11.3 Å². The number of carbonyl (C=O) groups excluding carboxylic acids is 1. The predicted molar refractivity (Wildman–Crippen MR) is 95.9 cm³/mol. The van der Waals surface area contributed by atoms with Crippen molar-refractivity contribution in [3.05, 3.63) is 70.1 Å². The molecule has 3 heterocycles. The number of imidazole rings is 1. The molecule has 8 heteroatoms. The summed E-state index contributed by atoms with van der Waals surface area (Å²) in [6.07, 6.45) is 1.85. The summed E-state index contributed by atoms with van der Waals surface area (Å²) >= 11 is 1.48. The first-order valence-electron chi connectivity index (χ1n) is 7.50. The second-order valence-corrected chi connectivity index (χ2v) is 6.24. The third-order valence-electron chi connectivity index (χ3n) is 3.73. The molecule has 1 amide bonds. The van der Waals surface area contributed by atoms with Crippen LogP contribution in [-0.4, -0.2) is 25.1 Å². The van der Waals surface area contributed by atoms with Gasteiger partial charge in [-0.05, 0) is 6.07 Å². The molecule has 0 saturated heterocycles. The number of aromatic nitrogens is 4. The van der Waals surface area contributed by atoms with E-state index in [0.717, 1.165) is 15.2 Å². The Balaban J connectivity index is 1.78. The molecule has 0 spiro atoms. The first-order valence-corrected chi connectivity index (χ1v) is 8.38. The number of nitrogens with zero attached hydrogens (tertiary/aromatic N) is 4. The summed E-state index contributed by atoms with van der Waals surface area (Å²) in [7, 11) is 1.50. The number of thiazole rings is 1. The average molecular weight is 351 g/mol. The van der Waals surface area contributed by atoms with Gasteiger partial charge in [0.1, 0.15) is 17.2 Å². The highest BCUT2D eigenvalue weighted by atomic mass is 32.1. The van der Waals surface area contributed by atoms with Crippen molar-refractivity contribution >= 4 is 28.0 Å². The standard InChI is InChI=1S/C17H13N5O2S/c1-21-13(23)8-7-12(20-21)16(24)19-15-14(11-5-3-2-4-6-11)18-17-22(15)9-10-25-17/h2-10H,1H3,(H,19,24). The van der Waals surface area contributed by atoms with Crippen molar-refractivity contribution in [2.24, 2.45) is 7.05 Å². The molecule has 0 unspecified atom stereocenters. The maximum absolute atomic E-state index is 12.6. The highest BCUT2D eigenvalue weighted by Crippen LogP contribution is 2.30. The second kappa shape index (κ2) is 5.99. The van der Waals surface area contributed by atoms with Crippen LogP contribution < -0.4 is 10.9 Å². The number of carbonyl (C=O) groups is 1. The minimum atomic E-state index is -0.402. The van der Waals surface area contributed by atoms with Crippen molar-refractivity contribution < 1.29 is 4.79 Å². The molecule has 0 atom stereocenters. The number of hydrogen-bond donors (Lipinski definition) is 1. The first-order chi connectivity index (χ1) is 12.1. The summed E-state index contributed by atoms with van der Waals surface area (Å²) in [6.45, 7) is 0. The van der Waals surface area contributed by atoms with Crippen LogP contribution in [0.2, 0.25) is 0 Å². The molecule has 0 radical (unpaired) electrons. The fourth-order valence-electron chi connectivity index (χ4n) is 2.50. The van der Waals surface area contributed by atoms with Crippen molar-refractivity contribution in [3.63, 3.8) is 0 Å². The van der Waals surface area contributed by atoms with Crippen molar-refractivity contribution in [2.45, 2.75) is 0 Å². The van der Waals surface area contributed by atoms with Crippen LogP contribution in [0.5, 0.6) is 0 Å². The minimum absolute atomic E-state index is 0.159. The lowest BCUT2D eigenvalue weighted by atomic mass is 10.1. The lowest BCUT2D eigenvalue weighted by Gasteiger charge is -2.07. The summed E-state index contributed by atoms with van der Waals surface area (Å²) < 4.78 is 2.95. The Morgan fingerprint density at radius 3 is 2.72 bits per heavy atom. The lowest BCUT2D eigenvalue weighted by Crippen LogP contribution is -2.24. The van der Waals surface area contributed by atoms with Gasteiger partial charge in [-0.25, -0.2) is 9.67 Å². The molecule has 0 aliphatic carbocycles. The zero-order valence-corrected chi connectivity index (χ0v) is 14.0. The Bertz CT molecular complexity index is 1130. The molecule has 1 aromatic carbocycles. The summed E-state index contributed by atoms with van der Waals surface area (Å²) in [5, 5.41) is 8.76. The summed E-state index contributed by atoms with van der Waals surface area (Å²) in [4.78, 5) is 29.4. The van der Waals surface area contributed by atoms with E-state index in [-0.39, 0.29) is 11.3 Å². The molecule has 4 aromatic rings. The van der Waals surface area contributed by atoms with Gasteiger partial charge in [0, 0.05) is 30.3 Å². The van der Waals surface area contributed by atoms with Crippen molar-refractivity contribution in [3.8, 4) is 11.3 Å². The van der Waals surface area contributed by atoms with Gasteiger partial charge in [0.25, 0.3) is 11.5 Å². The van der Waals surface area contributed by atoms with Gasteiger partial charge in [-0.2, -0.15) is 5.10 Å². The minimum Gasteiger partial charge on any atom is -0.304 e. The molecule has 4 rings (SSSR count). The SMILES string of the molecule is Cn1nc(C(=O)Nc2c(-c3ccccc3)nc3sccn23)ccc1=O. The van der Waals surface area contributed by atoms with E-state index in [1.54, 1.807) is 0 Å². The van der Waals surface area contributed by atoms with Gasteiger partial charge in [0.2, 0.25) is 0 Å². The van der Waals surface area contributed by atoms with Crippen LogP contribution in [-0.2, 0) is 7.05 Å². The van der Waals surface area contributed by atoms with Crippen molar-refractivity contribution in [1.82, 2.24) is 19.2 Å². The largest absolute Gasteiger partial charge is 0.304 e. The van der Waals surface area contributed by atoms with Crippen LogP contribution in [0, 0.1) is 0 Å². The fraction of sp³-hybridized carbons (Fsp3) is 0.0588. The molecule has 0 saturated carbocycles. The monoisotopic (exact) mass is 351 g/mol. The molecule has 0 aliphatic rings. The van der Waals surface area contributed by atoms with E-state index in [1.807, 2.05) is 46.3 Å². The Hall–Kier alpha value is -3.26. The number of rotatable bonds is 3. The topological polar surface area (TPSA) is 81.3 Å². The van der Waals surface area contributed by atoms with Crippen LogP contribution in [0.1, 0.15) is 10.5 Å². The third kappa shape index (κ3) is 2.72. The summed E-state index contributed by atoms with van der Waals surface area (Å²) in [5.41, 5.74) is 1.48. The van der Waals surface area contributed by atoms with Crippen molar-refractivity contribution in [1.29, 1.82) is 0 Å². The highest BCUT2D eigenvalue weighted by Gasteiger charge is 2.18. The molecular formula is C17H13N5O2S. The average Bonchev–Trinajstić information content (AvgIpc) is 3.20. The molecule has 0 aliphatic heterocycles. The van der Waals surface area contributed by atoms with E-state index in [1.165, 1.54) is 30.5 Å². The van der Waals surface area contributed by atoms with Crippen LogP contribution in [0.3, 0.4) is 0 Å². The number of hydrogen-bond acceptors (Lipinski definition) is 5. The Labute approximate surface area is 146 Å². The predicted octanol–water partition coefficient (Wildman–Crippen LogP) is 2.41. The van der Waals surface area contributed by atoms with Gasteiger partial charge in [0.05, 0.1) is 0 Å². The smallest absolute Gasteiger partial charge is 0.277 e. The second-order valence-electron chi connectivity index (χ2n) is 5.37. The van der Waals surface area contributed by atoms with Gasteiger partial charge >= 0.3 is 0 Å². The summed E-state index contributed by atoms with van der Waals surface area (Å²) in [6, 6.07) is 12.4. The lowest BCUT2D eigenvalue weighted by molar-refractivity contribution is 0.101. The number of benzene rings is 1. The summed E-state index contributed by atoms with van der Waals surface area (Å²) in [5.74, 6) is 0.170. The number of anilines is 1. The van der Waals surface area contributed by atoms with E-state index in [9.17, 15) is 9.59 Å². The van der Waals surface area contributed by atoms with Gasteiger partial charge < -0.3 is 5.32 Å². The Morgan fingerprint density at radius 2 is 1.96 bits per heavy atom. The molecule has 25 heavy (non-hydrogen) atoms. The first kappa shape index (κ1) is 15.3. The van der Waals surface area contributed by atoms with E-state index >= 15 is 0 Å². The normalized spacial score (nSPS) is 10.9. The maximum atomic E-state index is 12.6. The van der Waals surface area contributed by atoms with E-state index < -0.39 is 5.91 Å². The van der Waals surface area contributed by atoms with Gasteiger partial charge in [-0.15, -0.1) is 11.3 Å². The van der Waals surface area contributed by atoms with Gasteiger partial charge in [-0.1, -0.05) is 30.3 Å². The highest BCUT2D eigenvalue weighted by molar-refractivity contribution is 7.15. The Kier molecular flexibility index (Phi) is 3.66. The molecule has 124 valence electrons. The Morgan fingerprint density at radius 1 is 1.16 bits per heavy atom. The molecule has 1 N–H and O–H groups in total. The molecule has 7 nitrogen and oxygen atoms in total. The van der Waals surface area contributed by atoms with Gasteiger partial charge in [-0.3, -0.25) is 14.0 Å². The number of fused-ring (bicyclic) bond motifs is 1. The van der Waals surface area contributed by atoms with Crippen LogP contribution in [0.15, 0.2) is 58.8 Å². The fourth-order valence-corrected chi connectivity index (χ4v) is 3.21. The van der Waals surface area contributed by atoms with Crippen LogP contribution in [0.25, 0.3) is 16.2 Å². The zero-order valence-electron chi connectivity index (χ0n) is 13.2. The molecule has 3 aromatic heterocycles.